The Hall–Kier alpha value is -1.70. The van der Waals surface area contributed by atoms with E-state index in [0.717, 1.165) is 11.1 Å². The maximum atomic E-state index is 10.3. The summed E-state index contributed by atoms with van der Waals surface area (Å²) in [4.78, 5) is 0. The first-order valence-electron chi connectivity index (χ1n) is 8.00. The quantitative estimate of drug-likeness (QED) is 0.773. The molecular weight excluding hydrogens is 236 g/mol. The Bertz CT molecular complexity index is 606. The van der Waals surface area contributed by atoms with Gasteiger partial charge in [-0.15, -0.1) is 0 Å². The number of aromatic hydroxyl groups is 2. The summed E-state index contributed by atoms with van der Waals surface area (Å²) < 4.78 is 22.8. The van der Waals surface area contributed by atoms with E-state index < -0.39 is 6.85 Å². The fourth-order valence-electron chi connectivity index (χ4n) is 2.85. The fourth-order valence-corrected chi connectivity index (χ4v) is 2.85. The van der Waals surface area contributed by atoms with Crippen LogP contribution >= 0.6 is 0 Å². The van der Waals surface area contributed by atoms with E-state index in [1.807, 2.05) is 6.92 Å². The average molecular weight is 261 g/mol. The van der Waals surface area contributed by atoms with E-state index in [4.69, 9.17) is 4.11 Å². The molecule has 19 heavy (non-hydrogen) atoms. The van der Waals surface area contributed by atoms with Crippen LogP contribution in [-0.2, 0) is 0 Å². The molecule has 1 aromatic rings. The zero-order chi connectivity index (χ0) is 16.7. The standard InChI is InChI=1S/C17H22O2/c1-10(2)13-6-5-11(3)7-14(13)17-15(18)8-12(4)9-16(17)19/h7-9,13-14,18-19H,1,5-6H2,2-4H3/t13-,14+/m1/s1/i3D3. The number of phenols is 2. The maximum Gasteiger partial charge on any atom is 0.123 e. The maximum absolute atomic E-state index is 10.3. The summed E-state index contributed by atoms with van der Waals surface area (Å²) >= 11 is 0. The Morgan fingerprint density at radius 1 is 1.37 bits per heavy atom. The van der Waals surface area contributed by atoms with Gasteiger partial charge in [0.15, 0.2) is 0 Å². The summed E-state index contributed by atoms with van der Waals surface area (Å²) in [6, 6.07) is 3.17. The molecule has 2 N–H and O–H groups in total. The predicted molar refractivity (Wildman–Crippen MR) is 78.5 cm³/mol. The van der Waals surface area contributed by atoms with E-state index in [9.17, 15) is 10.2 Å². The van der Waals surface area contributed by atoms with E-state index in [0.29, 0.717) is 24.0 Å². The van der Waals surface area contributed by atoms with Crippen LogP contribution in [0.1, 0.15) is 47.8 Å². The number of hydrogen-bond donors (Lipinski definition) is 2. The predicted octanol–water partition coefficient (Wildman–Crippen LogP) is 4.42. The Morgan fingerprint density at radius 2 is 2.00 bits per heavy atom. The van der Waals surface area contributed by atoms with E-state index in [1.165, 1.54) is 0 Å². The van der Waals surface area contributed by atoms with Gasteiger partial charge in [-0.1, -0.05) is 23.8 Å². The lowest BCUT2D eigenvalue weighted by Crippen LogP contribution is -2.17. The van der Waals surface area contributed by atoms with Gasteiger partial charge >= 0.3 is 0 Å². The Balaban J connectivity index is 2.58. The van der Waals surface area contributed by atoms with Crippen LogP contribution in [0.4, 0.5) is 0 Å². The van der Waals surface area contributed by atoms with Crippen LogP contribution in [0.3, 0.4) is 0 Å². The lowest BCUT2D eigenvalue weighted by atomic mass is 9.74. The van der Waals surface area contributed by atoms with E-state index >= 15 is 0 Å². The van der Waals surface area contributed by atoms with Crippen molar-refractivity contribution in [1.29, 1.82) is 0 Å². The van der Waals surface area contributed by atoms with Crippen molar-refractivity contribution >= 4 is 0 Å². The second-order valence-corrected chi connectivity index (χ2v) is 5.43. The van der Waals surface area contributed by atoms with Crippen molar-refractivity contribution in [3.05, 3.63) is 47.1 Å². The van der Waals surface area contributed by atoms with Crippen LogP contribution in [-0.4, -0.2) is 10.2 Å². The van der Waals surface area contributed by atoms with Gasteiger partial charge in [-0.2, -0.15) is 0 Å². The number of hydrogen-bond acceptors (Lipinski definition) is 2. The first-order chi connectivity index (χ1) is 10.1. The highest BCUT2D eigenvalue weighted by Gasteiger charge is 2.29. The first-order valence-corrected chi connectivity index (χ1v) is 6.50. The van der Waals surface area contributed by atoms with Gasteiger partial charge in [0.2, 0.25) is 0 Å². The van der Waals surface area contributed by atoms with Gasteiger partial charge in [0.25, 0.3) is 0 Å². The lowest BCUT2D eigenvalue weighted by Gasteiger charge is -2.31. The summed E-state index contributed by atoms with van der Waals surface area (Å²) in [6.07, 6.45) is 2.81. The molecule has 2 rings (SSSR count). The minimum absolute atomic E-state index is 0.00297. The SMILES string of the molecule is [2H]C([2H])([2H])C1=C[C@H](c2c(O)cc(C)cc2O)[C@@H](C(=C)C)CC1. The Labute approximate surface area is 119 Å². The molecule has 1 aromatic carbocycles. The van der Waals surface area contributed by atoms with E-state index in [2.05, 4.69) is 6.58 Å². The smallest absolute Gasteiger partial charge is 0.123 e. The van der Waals surface area contributed by atoms with Crippen LogP contribution in [0, 0.1) is 12.8 Å². The molecule has 1 aliphatic rings. The van der Waals surface area contributed by atoms with Crippen molar-refractivity contribution in [3.63, 3.8) is 0 Å². The zero-order valence-electron chi connectivity index (χ0n) is 14.4. The summed E-state index contributed by atoms with van der Waals surface area (Å²) in [6.45, 7) is 5.52. The molecule has 0 heterocycles. The summed E-state index contributed by atoms with van der Waals surface area (Å²) in [5.41, 5.74) is 2.45. The van der Waals surface area contributed by atoms with E-state index in [-0.39, 0.29) is 23.3 Å². The number of benzene rings is 1. The van der Waals surface area contributed by atoms with Crippen LogP contribution < -0.4 is 0 Å². The molecular formula is C17H22O2. The minimum Gasteiger partial charge on any atom is -0.507 e. The van der Waals surface area contributed by atoms with Crippen LogP contribution in [0.25, 0.3) is 0 Å². The molecule has 2 nitrogen and oxygen atoms in total. The normalized spacial score (nSPS) is 26.0. The van der Waals surface area contributed by atoms with Gasteiger partial charge in [0.05, 0.1) is 0 Å². The third-order valence-corrected chi connectivity index (χ3v) is 3.79. The highest BCUT2D eigenvalue weighted by Crippen LogP contribution is 2.46. The second kappa shape index (κ2) is 5.12. The largest absolute Gasteiger partial charge is 0.507 e. The molecule has 0 spiro atoms. The fraction of sp³-hybridized carbons (Fsp3) is 0.412. The summed E-state index contributed by atoms with van der Waals surface area (Å²) in [5, 5.41) is 20.5. The molecule has 0 aliphatic heterocycles. The van der Waals surface area contributed by atoms with Crippen molar-refractivity contribution in [3.8, 4) is 11.5 Å². The van der Waals surface area contributed by atoms with Gasteiger partial charge in [-0.25, -0.2) is 0 Å². The monoisotopic (exact) mass is 261 g/mol. The Morgan fingerprint density at radius 3 is 2.53 bits per heavy atom. The van der Waals surface area contributed by atoms with Gasteiger partial charge in [-0.05, 0) is 57.2 Å². The highest BCUT2D eigenvalue weighted by atomic mass is 16.3. The molecule has 2 heteroatoms. The lowest BCUT2D eigenvalue weighted by molar-refractivity contribution is 0.406. The third kappa shape index (κ3) is 2.67. The summed E-state index contributed by atoms with van der Waals surface area (Å²) in [7, 11) is 0. The highest BCUT2D eigenvalue weighted by molar-refractivity contribution is 5.51. The van der Waals surface area contributed by atoms with Gasteiger partial charge < -0.3 is 10.2 Å². The molecule has 102 valence electrons. The van der Waals surface area contributed by atoms with Gasteiger partial charge in [0.1, 0.15) is 11.5 Å². The number of aryl methyl sites for hydroxylation is 1. The molecule has 0 radical (unpaired) electrons. The third-order valence-electron chi connectivity index (χ3n) is 3.79. The molecule has 0 fully saturated rings. The molecule has 0 bridgehead atoms. The molecule has 0 unspecified atom stereocenters. The van der Waals surface area contributed by atoms with Gasteiger partial charge in [0, 0.05) is 15.6 Å². The number of allylic oxidation sites excluding steroid dienone is 3. The molecule has 1 aliphatic carbocycles. The van der Waals surface area contributed by atoms with Crippen molar-refractivity contribution in [2.24, 2.45) is 5.92 Å². The first kappa shape index (κ1) is 10.1. The molecule has 0 aromatic heterocycles. The molecule has 2 atom stereocenters. The summed E-state index contributed by atoms with van der Waals surface area (Å²) in [5.74, 6) is -0.374. The van der Waals surface area contributed by atoms with E-state index in [1.54, 1.807) is 25.1 Å². The van der Waals surface area contributed by atoms with Crippen LogP contribution in [0.2, 0.25) is 0 Å². The van der Waals surface area contributed by atoms with Gasteiger partial charge in [-0.3, -0.25) is 0 Å². The van der Waals surface area contributed by atoms with Crippen molar-refractivity contribution in [2.45, 2.75) is 39.5 Å². The zero-order valence-corrected chi connectivity index (χ0v) is 11.4. The topological polar surface area (TPSA) is 40.5 Å². The number of phenolic OH excluding ortho intramolecular Hbond substituents is 2. The average Bonchev–Trinajstić information content (AvgIpc) is 2.36. The van der Waals surface area contributed by atoms with Crippen molar-refractivity contribution < 1.29 is 14.3 Å². The molecule has 0 saturated heterocycles. The molecule has 0 saturated carbocycles. The van der Waals surface area contributed by atoms with Crippen LogP contribution in [0.5, 0.6) is 11.5 Å². The minimum atomic E-state index is -2.14. The number of rotatable bonds is 2. The van der Waals surface area contributed by atoms with Crippen LogP contribution in [0.15, 0.2) is 35.9 Å². The Kier molecular flexibility index (Phi) is 2.73. The van der Waals surface area contributed by atoms with Crippen molar-refractivity contribution in [1.82, 2.24) is 0 Å². The molecule has 0 amide bonds. The second-order valence-electron chi connectivity index (χ2n) is 5.43. The van der Waals surface area contributed by atoms with Crippen molar-refractivity contribution in [2.75, 3.05) is 0 Å².